The molecule has 0 bridgehead atoms. The van der Waals surface area contributed by atoms with Crippen LogP contribution < -0.4 is 5.56 Å². The second kappa shape index (κ2) is 13.2. The number of carbonyl (C=O) groups excluding carboxylic acids is 1. The van der Waals surface area contributed by atoms with Crippen LogP contribution in [0.1, 0.15) is 42.3 Å². The van der Waals surface area contributed by atoms with Crippen LogP contribution in [0.15, 0.2) is 71.8 Å². The quantitative estimate of drug-likeness (QED) is 0.280. The third-order valence-electron chi connectivity index (χ3n) is 9.14. The lowest BCUT2D eigenvalue weighted by Crippen LogP contribution is -2.50. The highest BCUT2D eigenvalue weighted by Crippen LogP contribution is 2.38. The lowest BCUT2D eigenvalue weighted by molar-refractivity contribution is -0.162. The van der Waals surface area contributed by atoms with E-state index in [0.29, 0.717) is 12.3 Å². The number of halogens is 4. The summed E-state index contributed by atoms with van der Waals surface area (Å²) in [5, 5.41) is 21.3. The Bertz CT molecular complexity index is 1860. The summed E-state index contributed by atoms with van der Waals surface area (Å²) >= 11 is 6.56. The summed E-state index contributed by atoms with van der Waals surface area (Å²) in [6.07, 6.45) is -4.94. The lowest BCUT2D eigenvalue weighted by atomic mass is 9.89. The van der Waals surface area contributed by atoms with Gasteiger partial charge in [-0.2, -0.15) is 13.2 Å². The number of ether oxygens (including phenoxy) is 1. The number of aromatic nitrogens is 3. The molecule has 2 aromatic heterocycles. The van der Waals surface area contributed by atoms with Crippen molar-refractivity contribution in [1.82, 2.24) is 23.9 Å². The van der Waals surface area contributed by atoms with Gasteiger partial charge in [0.25, 0.3) is 5.56 Å². The van der Waals surface area contributed by atoms with E-state index in [4.69, 9.17) is 16.3 Å². The number of carbonyl (C=O) groups is 2. The fraction of sp³-hybridized carbons (Fsp3) is 0.394. The Labute approximate surface area is 277 Å². The molecule has 0 spiro atoms. The number of carboxylic acid groups (broad SMARTS) is 1. The molecule has 2 aliphatic heterocycles. The van der Waals surface area contributed by atoms with Crippen LogP contribution in [0.2, 0.25) is 5.15 Å². The Morgan fingerprint density at radius 2 is 1.75 bits per heavy atom. The molecule has 0 aliphatic carbocycles. The minimum atomic E-state index is -4.60. The number of benzene rings is 2. The zero-order valence-electron chi connectivity index (χ0n) is 25.6. The maximum atomic E-state index is 13.8. The number of hydrogen-bond acceptors (Lipinski definition) is 6. The Kier molecular flexibility index (Phi) is 9.25. The van der Waals surface area contributed by atoms with Gasteiger partial charge in [-0.15, -0.1) is 0 Å². The first-order valence-electron chi connectivity index (χ1n) is 15.4. The van der Waals surface area contributed by atoms with E-state index in [1.165, 1.54) is 51.0 Å². The van der Waals surface area contributed by atoms with E-state index in [1.54, 1.807) is 34.9 Å². The molecule has 2 aliphatic rings. The second-order valence-corrected chi connectivity index (χ2v) is 12.6. The molecule has 4 aromatic rings. The maximum absolute atomic E-state index is 13.8. The van der Waals surface area contributed by atoms with Crippen molar-refractivity contribution in [3.63, 3.8) is 0 Å². The number of rotatable bonds is 7. The molecule has 254 valence electrons. The monoisotopic (exact) mass is 687 g/mol. The smallest absolute Gasteiger partial charge is 0.407 e. The van der Waals surface area contributed by atoms with E-state index < -0.39 is 47.7 Å². The van der Waals surface area contributed by atoms with Gasteiger partial charge in [0.05, 0.1) is 42.7 Å². The molecule has 6 rings (SSSR count). The van der Waals surface area contributed by atoms with E-state index in [0.717, 1.165) is 5.56 Å². The highest BCUT2D eigenvalue weighted by Gasteiger charge is 2.43. The Morgan fingerprint density at radius 3 is 2.40 bits per heavy atom. The Hall–Kier alpha value is -4.40. The van der Waals surface area contributed by atoms with Gasteiger partial charge >= 0.3 is 12.3 Å². The van der Waals surface area contributed by atoms with E-state index in [9.17, 15) is 37.8 Å². The summed E-state index contributed by atoms with van der Waals surface area (Å²) in [6.45, 7) is 0.754. The number of fused-ring (bicyclic) bond motifs is 1. The zero-order chi connectivity index (χ0) is 34.2. The topological polar surface area (TPSA) is 130 Å². The highest BCUT2D eigenvalue weighted by atomic mass is 35.5. The van der Waals surface area contributed by atoms with Crippen LogP contribution in [0.25, 0.3) is 16.7 Å². The Balaban J connectivity index is 1.14. The molecule has 2 amide bonds. The minimum absolute atomic E-state index is 0.0155. The predicted octanol–water partition coefficient (Wildman–Crippen LogP) is 4.98. The van der Waals surface area contributed by atoms with Crippen LogP contribution >= 0.6 is 11.6 Å². The van der Waals surface area contributed by atoms with Gasteiger partial charge in [0.15, 0.2) is 5.65 Å². The van der Waals surface area contributed by atoms with Crippen molar-refractivity contribution in [2.75, 3.05) is 32.8 Å². The predicted molar refractivity (Wildman–Crippen MR) is 169 cm³/mol. The van der Waals surface area contributed by atoms with Crippen molar-refractivity contribution in [3.05, 3.63) is 93.6 Å². The fourth-order valence-corrected chi connectivity index (χ4v) is 6.74. The summed E-state index contributed by atoms with van der Waals surface area (Å²) in [5.74, 6) is -2.59. The average Bonchev–Trinajstić information content (AvgIpc) is 3.41. The first-order valence-corrected chi connectivity index (χ1v) is 15.8. The SMILES string of the molecule is O=C(CC(c1ccccc1)C(F)(F)F)N1CCC(O)(Cn2cnc3c(cc(Cl)n3-c3ccc([C@H]4COCCN4C(=O)O)cc3)c2=O)CC1. The minimum Gasteiger partial charge on any atom is -0.465 e. The van der Waals surface area contributed by atoms with Crippen molar-refractivity contribution < 1.29 is 37.7 Å². The molecule has 11 nitrogen and oxygen atoms in total. The summed E-state index contributed by atoms with van der Waals surface area (Å²) in [6, 6.07) is 15.4. The van der Waals surface area contributed by atoms with Crippen LogP contribution in [0, 0.1) is 0 Å². The highest BCUT2D eigenvalue weighted by molar-refractivity contribution is 6.31. The van der Waals surface area contributed by atoms with Crippen LogP contribution in [-0.2, 0) is 16.1 Å². The van der Waals surface area contributed by atoms with Crippen LogP contribution in [-0.4, -0.2) is 90.8 Å². The molecule has 2 aromatic carbocycles. The summed E-state index contributed by atoms with van der Waals surface area (Å²) in [4.78, 5) is 45.2. The molecule has 2 saturated heterocycles. The van der Waals surface area contributed by atoms with Crippen molar-refractivity contribution in [1.29, 1.82) is 0 Å². The Morgan fingerprint density at radius 1 is 1.06 bits per heavy atom. The van der Waals surface area contributed by atoms with E-state index in [2.05, 4.69) is 4.98 Å². The van der Waals surface area contributed by atoms with Gasteiger partial charge in [-0.3, -0.25) is 23.6 Å². The van der Waals surface area contributed by atoms with Gasteiger partial charge < -0.3 is 19.8 Å². The van der Waals surface area contributed by atoms with Gasteiger partial charge in [0.1, 0.15) is 11.5 Å². The molecule has 2 fully saturated rings. The van der Waals surface area contributed by atoms with Gasteiger partial charge in [-0.1, -0.05) is 54.1 Å². The van der Waals surface area contributed by atoms with Crippen LogP contribution in [0.3, 0.4) is 0 Å². The number of alkyl halides is 3. The largest absolute Gasteiger partial charge is 0.465 e. The third-order valence-corrected chi connectivity index (χ3v) is 9.42. The van der Waals surface area contributed by atoms with Crippen LogP contribution in [0.5, 0.6) is 0 Å². The van der Waals surface area contributed by atoms with E-state index in [-0.39, 0.29) is 67.4 Å². The number of nitrogens with zero attached hydrogens (tertiary/aromatic N) is 5. The molecule has 2 N–H and O–H groups in total. The van der Waals surface area contributed by atoms with Crippen molar-refractivity contribution in [3.8, 4) is 5.69 Å². The maximum Gasteiger partial charge on any atom is 0.407 e. The average molecular weight is 688 g/mol. The number of piperidine rings is 1. The second-order valence-electron chi connectivity index (χ2n) is 12.2. The summed E-state index contributed by atoms with van der Waals surface area (Å²) in [5.41, 5.74) is -0.211. The van der Waals surface area contributed by atoms with Crippen LogP contribution in [0.4, 0.5) is 18.0 Å². The summed E-state index contributed by atoms with van der Waals surface area (Å²) in [7, 11) is 0. The fourth-order valence-electron chi connectivity index (χ4n) is 6.46. The molecule has 48 heavy (non-hydrogen) atoms. The number of aliphatic hydroxyl groups is 1. The molecular formula is C33H33ClF3N5O6. The lowest BCUT2D eigenvalue weighted by Gasteiger charge is -2.39. The molecule has 15 heteroatoms. The van der Waals surface area contributed by atoms with Crippen molar-refractivity contribution in [2.45, 2.75) is 49.5 Å². The number of hydrogen-bond donors (Lipinski definition) is 2. The van der Waals surface area contributed by atoms with Gasteiger partial charge in [-0.05, 0) is 42.2 Å². The normalized spacial score (nSPS) is 19.0. The number of amides is 2. The molecular weight excluding hydrogens is 655 g/mol. The number of likely N-dealkylation sites (tertiary alicyclic amines) is 1. The molecule has 4 heterocycles. The van der Waals surface area contributed by atoms with Gasteiger partial charge in [-0.25, -0.2) is 9.78 Å². The first kappa shape index (κ1) is 33.5. The summed E-state index contributed by atoms with van der Waals surface area (Å²) < 4.78 is 49.8. The molecule has 0 radical (unpaired) electrons. The van der Waals surface area contributed by atoms with Gasteiger partial charge in [0.2, 0.25) is 5.91 Å². The molecule has 2 atom stereocenters. The van der Waals surface area contributed by atoms with E-state index >= 15 is 0 Å². The number of morpholine rings is 1. The molecule has 0 saturated carbocycles. The standard InChI is InChI=1S/C33H33ClF3N5O6/c34-27-16-24-29(42(27)23-8-6-22(7-9-23)26-18-48-15-14-41(26)31(45)46)38-20-40(30(24)44)19-32(47)10-12-39(13-11-32)28(43)17-25(33(35,36)37)21-4-2-1-3-5-21/h1-9,16,20,25-26,47H,10-15,17-19H2,(H,45,46)/t25?,26-/m1/s1. The van der Waals surface area contributed by atoms with Crippen molar-refractivity contribution >= 4 is 34.6 Å². The molecule has 1 unspecified atom stereocenters. The van der Waals surface area contributed by atoms with E-state index in [1.807, 2.05) is 0 Å². The zero-order valence-corrected chi connectivity index (χ0v) is 26.4. The first-order chi connectivity index (χ1) is 22.8. The van der Waals surface area contributed by atoms with Crippen molar-refractivity contribution in [2.24, 2.45) is 0 Å². The third kappa shape index (κ3) is 6.78. The van der Waals surface area contributed by atoms with Gasteiger partial charge in [0, 0.05) is 31.7 Å².